The minimum Gasteiger partial charge on any atom is -0.427 e. The molecule has 1 amide bonds. The Morgan fingerprint density at radius 1 is 1.18 bits per heavy atom. The van der Waals surface area contributed by atoms with Crippen molar-refractivity contribution in [2.45, 2.75) is 71.3 Å². The Hall–Kier alpha value is -1.88. The molecule has 5 atom stereocenters. The fourth-order valence-electron chi connectivity index (χ4n) is 6.33. The Morgan fingerprint density at radius 2 is 1.96 bits per heavy atom. The lowest BCUT2D eigenvalue weighted by Gasteiger charge is -2.51. The fourth-order valence-corrected chi connectivity index (χ4v) is 6.33. The van der Waals surface area contributed by atoms with Crippen LogP contribution in [0.15, 0.2) is 18.2 Å². The number of fused-ring (bicyclic) bond motifs is 5. The molecule has 28 heavy (non-hydrogen) atoms. The molecule has 0 bridgehead atoms. The van der Waals surface area contributed by atoms with Crippen molar-refractivity contribution in [1.82, 2.24) is 10.4 Å². The van der Waals surface area contributed by atoms with Gasteiger partial charge in [0.1, 0.15) is 5.75 Å². The summed E-state index contributed by atoms with van der Waals surface area (Å²) < 4.78 is 5.29. The molecule has 5 unspecified atom stereocenters. The number of hydrogen-bond donors (Lipinski definition) is 1. The zero-order chi connectivity index (χ0) is 20.1. The van der Waals surface area contributed by atoms with Crippen LogP contribution < -0.4 is 10.2 Å². The number of rotatable bonds is 3. The second kappa shape index (κ2) is 7.18. The number of amides is 1. The molecule has 0 saturated heterocycles. The van der Waals surface area contributed by atoms with E-state index in [4.69, 9.17) is 4.74 Å². The van der Waals surface area contributed by atoms with Gasteiger partial charge in [0.05, 0.1) is 0 Å². The van der Waals surface area contributed by atoms with Gasteiger partial charge in [-0.15, -0.1) is 0 Å². The van der Waals surface area contributed by atoms with Gasteiger partial charge in [0.2, 0.25) is 5.91 Å². The predicted molar refractivity (Wildman–Crippen MR) is 108 cm³/mol. The van der Waals surface area contributed by atoms with Crippen LogP contribution in [0.3, 0.4) is 0 Å². The second-order valence-electron chi connectivity index (χ2n) is 9.25. The smallest absolute Gasteiger partial charge is 0.308 e. The third kappa shape index (κ3) is 3.24. The van der Waals surface area contributed by atoms with E-state index in [9.17, 15) is 9.59 Å². The maximum Gasteiger partial charge on any atom is 0.308 e. The Kier molecular flexibility index (Phi) is 4.98. The molecule has 2 saturated carbocycles. The van der Waals surface area contributed by atoms with Crippen LogP contribution in [-0.4, -0.2) is 30.0 Å². The van der Waals surface area contributed by atoms with Gasteiger partial charge in [0.25, 0.3) is 0 Å². The SMILES string of the molecule is CC(=O)Oc1ccc2c(c1)CCC1C2CCC2(C)C(NN(C)C(C)=O)CCC12. The van der Waals surface area contributed by atoms with E-state index in [1.807, 2.05) is 13.1 Å². The fraction of sp³-hybridized carbons (Fsp3) is 0.652. The van der Waals surface area contributed by atoms with Crippen LogP contribution in [0, 0.1) is 17.3 Å². The summed E-state index contributed by atoms with van der Waals surface area (Å²) in [7, 11) is 1.84. The van der Waals surface area contributed by atoms with Gasteiger partial charge >= 0.3 is 5.97 Å². The quantitative estimate of drug-likeness (QED) is 0.489. The molecule has 2 fully saturated rings. The first-order valence-corrected chi connectivity index (χ1v) is 10.6. The Bertz CT molecular complexity index is 792. The molecule has 1 aromatic rings. The molecule has 1 N–H and O–H groups in total. The first-order valence-electron chi connectivity index (χ1n) is 10.6. The van der Waals surface area contributed by atoms with Crippen molar-refractivity contribution in [3.8, 4) is 5.75 Å². The van der Waals surface area contributed by atoms with Gasteiger partial charge in [-0.2, -0.15) is 0 Å². The van der Waals surface area contributed by atoms with Crippen molar-refractivity contribution >= 4 is 11.9 Å². The van der Waals surface area contributed by atoms with Crippen LogP contribution in [0.4, 0.5) is 0 Å². The van der Waals surface area contributed by atoms with Crippen molar-refractivity contribution in [1.29, 1.82) is 0 Å². The van der Waals surface area contributed by atoms with Crippen LogP contribution in [0.25, 0.3) is 0 Å². The van der Waals surface area contributed by atoms with Crippen LogP contribution in [-0.2, 0) is 16.0 Å². The largest absolute Gasteiger partial charge is 0.427 e. The number of hydrogen-bond acceptors (Lipinski definition) is 4. The lowest BCUT2D eigenvalue weighted by atomic mass is 9.55. The monoisotopic (exact) mass is 384 g/mol. The zero-order valence-electron chi connectivity index (χ0n) is 17.5. The Morgan fingerprint density at radius 3 is 2.68 bits per heavy atom. The van der Waals surface area contributed by atoms with Crippen LogP contribution in [0.2, 0.25) is 0 Å². The molecule has 152 valence electrons. The molecule has 3 aliphatic carbocycles. The lowest BCUT2D eigenvalue weighted by molar-refractivity contribution is -0.132. The van der Waals surface area contributed by atoms with E-state index < -0.39 is 0 Å². The summed E-state index contributed by atoms with van der Waals surface area (Å²) in [5.41, 5.74) is 6.56. The highest BCUT2D eigenvalue weighted by atomic mass is 16.5. The van der Waals surface area contributed by atoms with Gasteiger partial charge < -0.3 is 4.74 Å². The first kappa shape index (κ1) is 19.4. The van der Waals surface area contributed by atoms with E-state index in [2.05, 4.69) is 24.5 Å². The summed E-state index contributed by atoms with van der Waals surface area (Å²) in [6.45, 7) is 5.50. The number of nitrogens with zero attached hydrogens (tertiary/aromatic N) is 1. The molecule has 5 nitrogen and oxygen atoms in total. The normalized spacial score (nSPS) is 33.4. The molecule has 0 radical (unpaired) electrons. The van der Waals surface area contributed by atoms with Crippen LogP contribution in [0.1, 0.15) is 69.9 Å². The van der Waals surface area contributed by atoms with Crippen molar-refractivity contribution in [2.75, 3.05) is 7.05 Å². The molecular formula is C23H32N2O3. The van der Waals surface area contributed by atoms with Gasteiger partial charge in [-0.3, -0.25) is 14.6 Å². The molecule has 5 heteroatoms. The average Bonchev–Trinajstić information content (AvgIpc) is 2.97. The first-order chi connectivity index (χ1) is 13.3. The van der Waals surface area contributed by atoms with Crippen LogP contribution >= 0.6 is 0 Å². The molecule has 4 rings (SSSR count). The standard InChI is InChI=1S/C23H32N2O3/c1-14(26)25(4)24-22-10-9-21-20-7-5-16-13-17(28-15(2)27)6-8-18(16)19(20)11-12-23(21,22)3/h6,8,13,19-22,24H,5,7,9-12H2,1-4H3. The maximum atomic E-state index is 11.7. The molecule has 0 heterocycles. The number of benzene rings is 1. The van der Waals surface area contributed by atoms with Crippen molar-refractivity contribution in [3.63, 3.8) is 0 Å². The molecule has 0 spiro atoms. The summed E-state index contributed by atoms with van der Waals surface area (Å²) in [5.74, 6) is 2.49. The van der Waals surface area contributed by atoms with E-state index in [0.29, 0.717) is 29.5 Å². The van der Waals surface area contributed by atoms with Crippen molar-refractivity contribution in [2.24, 2.45) is 17.3 Å². The lowest BCUT2D eigenvalue weighted by Crippen LogP contribution is -2.53. The van der Waals surface area contributed by atoms with Gasteiger partial charge in [-0.05, 0) is 85.0 Å². The van der Waals surface area contributed by atoms with Gasteiger partial charge in [-0.1, -0.05) is 13.0 Å². The summed E-state index contributed by atoms with van der Waals surface area (Å²) in [4.78, 5) is 23.0. The molecule has 0 aliphatic heterocycles. The molecule has 3 aliphatic rings. The zero-order valence-corrected chi connectivity index (χ0v) is 17.5. The van der Waals surface area contributed by atoms with Crippen molar-refractivity contribution < 1.29 is 14.3 Å². The highest BCUT2D eigenvalue weighted by molar-refractivity contribution is 5.72. The van der Waals surface area contributed by atoms with Gasteiger partial charge in [0, 0.05) is 26.9 Å². The number of ether oxygens (including phenoxy) is 1. The third-order valence-electron chi connectivity index (χ3n) is 7.78. The summed E-state index contributed by atoms with van der Waals surface area (Å²) in [5, 5.41) is 1.66. The predicted octanol–water partition coefficient (Wildman–Crippen LogP) is 3.82. The summed E-state index contributed by atoms with van der Waals surface area (Å²) >= 11 is 0. The number of carbonyl (C=O) groups is 2. The summed E-state index contributed by atoms with van der Waals surface area (Å²) in [6.07, 6.45) is 7.02. The van der Waals surface area contributed by atoms with E-state index in [0.717, 1.165) is 12.8 Å². The topological polar surface area (TPSA) is 58.6 Å². The van der Waals surface area contributed by atoms with Crippen LogP contribution in [0.5, 0.6) is 5.75 Å². The van der Waals surface area contributed by atoms with E-state index in [1.165, 1.54) is 43.7 Å². The highest BCUT2D eigenvalue weighted by Crippen LogP contribution is 2.61. The number of esters is 1. The minimum atomic E-state index is -0.262. The molecular weight excluding hydrogens is 352 g/mol. The number of hydrazine groups is 1. The maximum absolute atomic E-state index is 11.7. The number of carbonyl (C=O) groups excluding carboxylic acids is 2. The Balaban J connectivity index is 1.54. The minimum absolute atomic E-state index is 0.0657. The second-order valence-corrected chi connectivity index (χ2v) is 9.25. The number of aryl methyl sites for hydroxylation is 1. The van der Waals surface area contributed by atoms with Crippen molar-refractivity contribution in [3.05, 3.63) is 29.3 Å². The molecule has 1 aromatic carbocycles. The summed E-state index contributed by atoms with van der Waals surface area (Å²) in [6, 6.07) is 6.60. The highest BCUT2D eigenvalue weighted by Gasteiger charge is 2.55. The molecule has 0 aromatic heterocycles. The Labute approximate surface area is 167 Å². The average molecular weight is 385 g/mol. The van der Waals surface area contributed by atoms with E-state index in [1.54, 1.807) is 11.9 Å². The third-order valence-corrected chi connectivity index (χ3v) is 7.78. The van der Waals surface area contributed by atoms with Gasteiger partial charge in [-0.25, -0.2) is 5.43 Å². The van der Waals surface area contributed by atoms with E-state index in [-0.39, 0.29) is 17.3 Å². The number of nitrogens with one attached hydrogen (secondary N) is 1. The van der Waals surface area contributed by atoms with E-state index >= 15 is 0 Å². The van der Waals surface area contributed by atoms with Gasteiger partial charge in [0.15, 0.2) is 0 Å².